The molecule has 6 nitrogen and oxygen atoms in total. The zero-order valence-corrected chi connectivity index (χ0v) is 15.5. The summed E-state index contributed by atoms with van der Waals surface area (Å²) >= 11 is 0. The van der Waals surface area contributed by atoms with Crippen molar-refractivity contribution in [1.29, 1.82) is 0 Å². The zero-order chi connectivity index (χ0) is 18.6. The molecule has 1 fully saturated rings. The number of hydrogen-bond acceptors (Lipinski definition) is 4. The average Bonchev–Trinajstić information content (AvgIpc) is 2.67. The van der Waals surface area contributed by atoms with Crippen molar-refractivity contribution in [1.82, 2.24) is 14.9 Å². The Balaban J connectivity index is 1.76. The van der Waals surface area contributed by atoms with E-state index in [1.165, 1.54) is 12.1 Å². The maximum atomic E-state index is 12.8. The summed E-state index contributed by atoms with van der Waals surface area (Å²) in [6.07, 6.45) is 0. The number of piperazine rings is 1. The van der Waals surface area contributed by atoms with Gasteiger partial charge in [0.15, 0.2) is 0 Å². The molecule has 1 aliphatic heterocycles. The van der Waals surface area contributed by atoms with Crippen molar-refractivity contribution in [2.45, 2.75) is 24.4 Å². The van der Waals surface area contributed by atoms with Crippen LogP contribution in [0.1, 0.15) is 22.8 Å². The maximum absolute atomic E-state index is 12.8. The van der Waals surface area contributed by atoms with E-state index in [9.17, 15) is 13.2 Å². The molecule has 0 aliphatic carbocycles. The third kappa shape index (κ3) is 4.30. The van der Waals surface area contributed by atoms with Crippen molar-refractivity contribution < 1.29 is 13.2 Å². The van der Waals surface area contributed by atoms with Gasteiger partial charge in [-0.3, -0.25) is 4.79 Å². The third-order valence-corrected chi connectivity index (χ3v) is 5.86. The van der Waals surface area contributed by atoms with Crippen molar-refractivity contribution >= 4 is 15.9 Å². The first-order valence-electron chi connectivity index (χ1n) is 8.63. The molecular formula is C19H23N3O3S. The van der Waals surface area contributed by atoms with Gasteiger partial charge in [0.05, 0.1) is 4.90 Å². The standard InChI is InChI=1S/C19H23N3O3S/c1-15-13-20-10-11-22(15)19(23)17-8-5-9-18(12-17)26(24,25)21-14-16-6-3-2-4-7-16/h2-9,12,15,20-21H,10-11,13-14H2,1H3/t15-/m1/s1. The molecule has 1 heterocycles. The molecule has 3 rings (SSSR count). The summed E-state index contributed by atoms with van der Waals surface area (Å²) in [5.74, 6) is -0.140. The lowest BCUT2D eigenvalue weighted by molar-refractivity contribution is 0.0655. The molecule has 26 heavy (non-hydrogen) atoms. The first kappa shape index (κ1) is 18.6. The number of hydrogen-bond donors (Lipinski definition) is 2. The molecule has 7 heteroatoms. The van der Waals surface area contributed by atoms with Gasteiger partial charge in [-0.05, 0) is 30.7 Å². The van der Waals surface area contributed by atoms with Gasteiger partial charge in [-0.2, -0.15) is 0 Å². The van der Waals surface area contributed by atoms with Crippen LogP contribution in [0.15, 0.2) is 59.5 Å². The van der Waals surface area contributed by atoms with Crippen molar-refractivity contribution in [2.24, 2.45) is 0 Å². The Bertz CT molecular complexity index is 869. The van der Waals surface area contributed by atoms with E-state index in [-0.39, 0.29) is 23.4 Å². The number of carbonyl (C=O) groups excluding carboxylic acids is 1. The minimum Gasteiger partial charge on any atom is -0.333 e. The second kappa shape index (κ2) is 7.99. The number of sulfonamides is 1. The summed E-state index contributed by atoms with van der Waals surface area (Å²) in [5, 5.41) is 3.24. The molecule has 0 bridgehead atoms. The predicted octanol–water partition coefficient (Wildman–Crippen LogP) is 1.60. The summed E-state index contributed by atoms with van der Waals surface area (Å²) < 4.78 is 27.7. The molecule has 1 aliphatic rings. The van der Waals surface area contributed by atoms with Gasteiger partial charge in [-0.15, -0.1) is 0 Å². The van der Waals surface area contributed by atoms with Crippen LogP contribution < -0.4 is 10.0 Å². The van der Waals surface area contributed by atoms with E-state index in [1.54, 1.807) is 17.0 Å². The van der Waals surface area contributed by atoms with Gasteiger partial charge in [0.1, 0.15) is 0 Å². The van der Waals surface area contributed by atoms with Crippen molar-refractivity contribution in [3.8, 4) is 0 Å². The Morgan fingerprint density at radius 2 is 1.96 bits per heavy atom. The lowest BCUT2D eigenvalue weighted by atomic mass is 10.1. The molecule has 1 saturated heterocycles. The highest BCUT2D eigenvalue weighted by atomic mass is 32.2. The smallest absolute Gasteiger partial charge is 0.254 e. The molecule has 1 amide bonds. The second-order valence-corrected chi connectivity index (χ2v) is 8.16. The number of nitrogens with zero attached hydrogens (tertiary/aromatic N) is 1. The SMILES string of the molecule is C[C@@H]1CNCCN1C(=O)c1cccc(S(=O)(=O)NCc2ccccc2)c1. The highest BCUT2D eigenvalue weighted by Gasteiger charge is 2.25. The minimum absolute atomic E-state index is 0.0766. The van der Waals surface area contributed by atoms with Crippen LogP contribution in [0.2, 0.25) is 0 Å². The van der Waals surface area contributed by atoms with Crippen LogP contribution in [0, 0.1) is 0 Å². The molecule has 0 saturated carbocycles. The Morgan fingerprint density at radius 1 is 1.19 bits per heavy atom. The Morgan fingerprint density at radius 3 is 2.69 bits per heavy atom. The zero-order valence-electron chi connectivity index (χ0n) is 14.7. The van der Waals surface area contributed by atoms with E-state index < -0.39 is 10.0 Å². The lowest BCUT2D eigenvalue weighted by Gasteiger charge is -2.34. The summed E-state index contributed by atoms with van der Waals surface area (Å²) in [6.45, 7) is 4.28. The first-order chi connectivity index (χ1) is 12.5. The second-order valence-electron chi connectivity index (χ2n) is 6.39. The summed E-state index contributed by atoms with van der Waals surface area (Å²) in [7, 11) is -3.69. The van der Waals surface area contributed by atoms with Gasteiger partial charge in [0, 0.05) is 37.8 Å². The maximum Gasteiger partial charge on any atom is 0.254 e. The first-order valence-corrected chi connectivity index (χ1v) is 10.1. The van der Waals surface area contributed by atoms with Gasteiger partial charge in [-0.25, -0.2) is 13.1 Å². The Kier molecular flexibility index (Phi) is 5.70. The lowest BCUT2D eigenvalue weighted by Crippen LogP contribution is -2.52. The summed E-state index contributed by atoms with van der Waals surface area (Å²) in [4.78, 5) is 14.6. The predicted molar refractivity (Wildman–Crippen MR) is 100 cm³/mol. The Labute approximate surface area is 154 Å². The van der Waals surface area contributed by atoms with Crippen molar-refractivity contribution in [3.63, 3.8) is 0 Å². The monoisotopic (exact) mass is 373 g/mol. The molecule has 2 N–H and O–H groups in total. The van der Waals surface area contributed by atoms with E-state index in [4.69, 9.17) is 0 Å². The van der Waals surface area contributed by atoms with Crippen LogP contribution in [-0.4, -0.2) is 44.9 Å². The molecule has 0 unspecified atom stereocenters. The molecule has 1 atom stereocenters. The van der Waals surface area contributed by atoms with Crippen LogP contribution in [0.5, 0.6) is 0 Å². The van der Waals surface area contributed by atoms with Gasteiger partial charge in [0.2, 0.25) is 10.0 Å². The fourth-order valence-corrected chi connectivity index (χ4v) is 4.03. The number of carbonyl (C=O) groups is 1. The van der Waals surface area contributed by atoms with Gasteiger partial charge >= 0.3 is 0 Å². The summed E-state index contributed by atoms with van der Waals surface area (Å²) in [6, 6.07) is 15.6. The van der Waals surface area contributed by atoms with Crippen LogP contribution in [0.3, 0.4) is 0 Å². The Hall–Kier alpha value is -2.22. The van der Waals surface area contributed by atoms with Crippen LogP contribution >= 0.6 is 0 Å². The van der Waals surface area contributed by atoms with E-state index >= 15 is 0 Å². The van der Waals surface area contributed by atoms with E-state index in [2.05, 4.69) is 10.0 Å². The van der Waals surface area contributed by atoms with Gasteiger partial charge in [0.25, 0.3) is 5.91 Å². The average molecular weight is 373 g/mol. The fraction of sp³-hybridized carbons (Fsp3) is 0.316. The molecule has 138 valence electrons. The van der Waals surface area contributed by atoms with E-state index in [1.807, 2.05) is 37.3 Å². The number of amides is 1. The van der Waals surface area contributed by atoms with Gasteiger partial charge in [-0.1, -0.05) is 36.4 Å². The van der Waals surface area contributed by atoms with E-state index in [0.29, 0.717) is 12.1 Å². The topological polar surface area (TPSA) is 78.5 Å². The highest BCUT2D eigenvalue weighted by Crippen LogP contribution is 2.16. The highest BCUT2D eigenvalue weighted by molar-refractivity contribution is 7.89. The number of nitrogens with one attached hydrogen (secondary N) is 2. The van der Waals surface area contributed by atoms with E-state index in [0.717, 1.165) is 18.7 Å². The van der Waals surface area contributed by atoms with Crippen molar-refractivity contribution in [3.05, 3.63) is 65.7 Å². The van der Waals surface area contributed by atoms with Crippen molar-refractivity contribution in [2.75, 3.05) is 19.6 Å². The van der Waals surface area contributed by atoms with Crippen LogP contribution in [0.25, 0.3) is 0 Å². The molecular weight excluding hydrogens is 350 g/mol. The number of benzene rings is 2. The normalized spacial score (nSPS) is 17.9. The van der Waals surface area contributed by atoms with Gasteiger partial charge < -0.3 is 10.2 Å². The number of rotatable bonds is 5. The summed E-state index contributed by atoms with van der Waals surface area (Å²) in [5.41, 5.74) is 1.26. The van der Waals surface area contributed by atoms with Crippen LogP contribution in [-0.2, 0) is 16.6 Å². The molecule has 2 aromatic rings. The minimum atomic E-state index is -3.69. The molecule has 2 aromatic carbocycles. The molecule has 0 aromatic heterocycles. The molecule has 0 spiro atoms. The van der Waals surface area contributed by atoms with Crippen LogP contribution in [0.4, 0.5) is 0 Å². The fourth-order valence-electron chi connectivity index (χ4n) is 2.96. The largest absolute Gasteiger partial charge is 0.333 e. The third-order valence-electron chi connectivity index (χ3n) is 4.46. The molecule has 0 radical (unpaired) electrons. The quantitative estimate of drug-likeness (QED) is 0.834.